The molecule has 0 fully saturated rings. The molecule has 3 rings (SSSR count). The van der Waals surface area contributed by atoms with E-state index in [0.29, 0.717) is 34.7 Å². The van der Waals surface area contributed by atoms with Crippen molar-refractivity contribution in [1.82, 2.24) is 15.5 Å². The van der Waals surface area contributed by atoms with Crippen LogP contribution in [0.15, 0.2) is 59.2 Å². The Balaban J connectivity index is 1.35. The maximum absolute atomic E-state index is 11.7. The SMILES string of the molecule is O=C(COc1cccc(Cl)c1)NCCOc1ccc(-c2ccco2)nn1. The lowest BCUT2D eigenvalue weighted by Gasteiger charge is -2.08. The van der Waals surface area contributed by atoms with Crippen molar-refractivity contribution in [1.29, 1.82) is 0 Å². The van der Waals surface area contributed by atoms with Crippen LogP contribution in [0, 0.1) is 0 Å². The van der Waals surface area contributed by atoms with E-state index >= 15 is 0 Å². The highest BCUT2D eigenvalue weighted by molar-refractivity contribution is 6.30. The van der Waals surface area contributed by atoms with Crippen LogP contribution >= 0.6 is 11.6 Å². The van der Waals surface area contributed by atoms with Gasteiger partial charge in [-0.25, -0.2) is 0 Å². The Bertz CT molecular complexity index is 838. The van der Waals surface area contributed by atoms with E-state index in [1.54, 1.807) is 54.8 Å². The summed E-state index contributed by atoms with van der Waals surface area (Å²) in [5, 5.41) is 11.2. The van der Waals surface area contributed by atoms with E-state index in [9.17, 15) is 4.79 Å². The van der Waals surface area contributed by atoms with Crippen LogP contribution in [0.2, 0.25) is 5.02 Å². The van der Waals surface area contributed by atoms with Crippen LogP contribution in [-0.2, 0) is 4.79 Å². The Morgan fingerprint density at radius 3 is 2.77 bits per heavy atom. The van der Waals surface area contributed by atoms with Gasteiger partial charge in [0.2, 0.25) is 5.88 Å². The lowest BCUT2D eigenvalue weighted by molar-refractivity contribution is -0.123. The van der Waals surface area contributed by atoms with Gasteiger partial charge in [0, 0.05) is 11.1 Å². The van der Waals surface area contributed by atoms with E-state index < -0.39 is 0 Å². The first-order chi connectivity index (χ1) is 12.7. The van der Waals surface area contributed by atoms with Crippen LogP contribution in [0.1, 0.15) is 0 Å². The average Bonchev–Trinajstić information content (AvgIpc) is 3.19. The zero-order valence-electron chi connectivity index (χ0n) is 13.7. The van der Waals surface area contributed by atoms with Gasteiger partial charge in [0.05, 0.1) is 12.8 Å². The maximum Gasteiger partial charge on any atom is 0.258 e. The minimum atomic E-state index is -0.257. The summed E-state index contributed by atoms with van der Waals surface area (Å²) in [5.41, 5.74) is 0.619. The number of benzene rings is 1. The van der Waals surface area contributed by atoms with Gasteiger partial charge in [0.1, 0.15) is 18.1 Å². The van der Waals surface area contributed by atoms with Crippen molar-refractivity contribution in [2.45, 2.75) is 0 Å². The minimum Gasteiger partial charge on any atom is -0.484 e. The predicted molar refractivity (Wildman–Crippen MR) is 95.2 cm³/mol. The van der Waals surface area contributed by atoms with E-state index in [1.807, 2.05) is 0 Å². The monoisotopic (exact) mass is 373 g/mol. The molecule has 0 saturated carbocycles. The minimum absolute atomic E-state index is 0.0992. The molecule has 1 amide bonds. The van der Waals surface area contributed by atoms with Crippen molar-refractivity contribution in [2.75, 3.05) is 19.8 Å². The molecule has 0 spiro atoms. The van der Waals surface area contributed by atoms with Gasteiger partial charge in [0.15, 0.2) is 12.4 Å². The molecule has 0 radical (unpaired) electrons. The van der Waals surface area contributed by atoms with Crippen LogP contribution in [0.3, 0.4) is 0 Å². The number of aromatic nitrogens is 2. The number of ether oxygens (including phenoxy) is 2. The Morgan fingerprint density at radius 1 is 1.12 bits per heavy atom. The smallest absolute Gasteiger partial charge is 0.258 e. The Kier molecular flexibility index (Phi) is 6.05. The predicted octanol–water partition coefficient (Wildman–Crippen LogP) is 2.96. The molecule has 8 heteroatoms. The molecule has 0 bridgehead atoms. The highest BCUT2D eigenvalue weighted by Crippen LogP contribution is 2.18. The van der Waals surface area contributed by atoms with Crippen LogP contribution in [-0.4, -0.2) is 35.9 Å². The summed E-state index contributed by atoms with van der Waals surface area (Å²) >= 11 is 5.85. The standard InChI is InChI=1S/C18H16ClN3O4/c19-13-3-1-4-14(11-13)26-12-17(23)20-8-10-25-18-7-6-15(21-22-18)16-5-2-9-24-16/h1-7,9,11H,8,10,12H2,(H,20,23). The van der Waals surface area contributed by atoms with Gasteiger partial charge in [-0.2, -0.15) is 0 Å². The summed E-state index contributed by atoms with van der Waals surface area (Å²) in [6.45, 7) is 0.481. The molecule has 134 valence electrons. The molecule has 7 nitrogen and oxygen atoms in total. The summed E-state index contributed by atoms with van der Waals surface area (Å²) in [7, 11) is 0. The molecular weight excluding hydrogens is 358 g/mol. The number of nitrogens with zero attached hydrogens (tertiary/aromatic N) is 2. The first kappa shape index (κ1) is 17.8. The fraction of sp³-hybridized carbons (Fsp3) is 0.167. The third-order valence-electron chi connectivity index (χ3n) is 3.25. The lowest BCUT2D eigenvalue weighted by Crippen LogP contribution is -2.32. The number of amides is 1. The number of nitrogens with one attached hydrogen (secondary N) is 1. The molecular formula is C18H16ClN3O4. The van der Waals surface area contributed by atoms with Gasteiger partial charge in [0.25, 0.3) is 5.91 Å². The molecule has 26 heavy (non-hydrogen) atoms. The van der Waals surface area contributed by atoms with Gasteiger partial charge < -0.3 is 19.2 Å². The number of carbonyl (C=O) groups is 1. The molecule has 1 N–H and O–H groups in total. The normalized spacial score (nSPS) is 10.3. The third kappa shape index (κ3) is 5.22. The highest BCUT2D eigenvalue weighted by atomic mass is 35.5. The number of rotatable bonds is 8. The fourth-order valence-corrected chi connectivity index (χ4v) is 2.24. The third-order valence-corrected chi connectivity index (χ3v) is 3.49. The number of furan rings is 1. The van der Waals surface area contributed by atoms with Gasteiger partial charge in [-0.1, -0.05) is 17.7 Å². The molecule has 3 aromatic rings. The topological polar surface area (TPSA) is 86.5 Å². The zero-order valence-corrected chi connectivity index (χ0v) is 14.5. The van der Waals surface area contributed by atoms with Crippen LogP contribution in [0.5, 0.6) is 11.6 Å². The molecule has 0 unspecified atom stereocenters. The Labute approximate surface area is 154 Å². The molecule has 2 heterocycles. The zero-order chi connectivity index (χ0) is 18.2. The summed E-state index contributed by atoms with van der Waals surface area (Å²) < 4.78 is 16.0. The van der Waals surface area contributed by atoms with E-state index in [2.05, 4.69) is 15.5 Å². The molecule has 0 aliphatic rings. The van der Waals surface area contributed by atoms with Gasteiger partial charge in [-0.3, -0.25) is 4.79 Å². The van der Waals surface area contributed by atoms with E-state index in [1.165, 1.54) is 0 Å². The fourth-order valence-electron chi connectivity index (χ4n) is 2.06. The molecule has 0 saturated heterocycles. The van der Waals surface area contributed by atoms with Crippen molar-refractivity contribution in [3.63, 3.8) is 0 Å². The van der Waals surface area contributed by atoms with E-state index in [4.69, 9.17) is 25.5 Å². The molecule has 2 aromatic heterocycles. The molecule has 0 aliphatic carbocycles. The number of hydrogen-bond donors (Lipinski definition) is 1. The van der Waals surface area contributed by atoms with Crippen LogP contribution in [0.25, 0.3) is 11.5 Å². The van der Waals surface area contributed by atoms with Gasteiger partial charge in [-0.15, -0.1) is 10.2 Å². The second kappa shape index (κ2) is 8.87. The molecule has 1 aromatic carbocycles. The van der Waals surface area contributed by atoms with Gasteiger partial charge in [-0.05, 0) is 36.4 Å². The first-order valence-electron chi connectivity index (χ1n) is 7.86. The Hall–Kier alpha value is -3.06. The number of carbonyl (C=O) groups excluding carboxylic acids is 1. The summed E-state index contributed by atoms with van der Waals surface area (Å²) in [4.78, 5) is 11.7. The number of hydrogen-bond acceptors (Lipinski definition) is 6. The van der Waals surface area contributed by atoms with Crippen LogP contribution < -0.4 is 14.8 Å². The Morgan fingerprint density at radius 2 is 2.04 bits per heavy atom. The van der Waals surface area contributed by atoms with Crippen molar-refractivity contribution in [3.05, 3.63) is 59.8 Å². The second-order valence-corrected chi connectivity index (χ2v) is 5.62. The van der Waals surface area contributed by atoms with Gasteiger partial charge >= 0.3 is 0 Å². The quantitative estimate of drug-likeness (QED) is 0.611. The van der Waals surface area contributed by atoms with Crippen molar-refractivity contribution < 1.29 is 18.7 Å². The van der Waals surface area contributed by atoms with E-state index in [-0.39, 0.29) is 19.1 Å². The summed E-state index contributed by atoms with van der Waals surface area (Å²) in [6, 6.07) is 13.9. The molecule has 0 aliphatic heterocycles. The highest BCUT2D eigenvalue weighted by Gasteiger charge is 2.05. The largest absolute Gasteiger partial charge is 0.484 e. The van der Waals surface area contributed by atoms with Crippen LogP contribution in [0.4, 0.5) is 0 Å². The molecule has 0 atom stereocenters. The summed E-state index contributed by atoms with van der Waals surface area (Å²) in [6.07, 6.45) is 1.57. The maximum atomic E-state index is 11.7. The first-order valence-corrected chi connectivity index (χ1v) is 8.24. The van der Waals surface area contributed by atoms with Crippen molar-refractivity contribution in [3.8, 4) is 23.1 Å². The number of halogens is 1. The lowest BCUT2D eigenvalue weighted by atomic mass is 10.3. The van der Waals surface area contributed by atoms with Crippen molar-refractivity contribution in [2.24, 2.45) is 0 Å². The average molecular weight is 374 g/mol. The second-order valence-electron chi connectivity index (χ2n) is 5.18. The summed E-state index contributed by atoms with van der Waals surface area (Å²) in [5.74, 6) is 1.28. The van der Waals surface area contributed by atoms with E-state index in [0.717, 1.165) is 0 Å². The van der Waals surface area contributed by atoms with Crippen molar-refractivity contribution >= 4 is 17.5 Å².